The lowest BCUT2D eigenvalue weighted by atomic mass is 9.85. The van der Waals surface area contributed by atoms with Gasteiger partial charge >= 0.3 is 0 Å². The van der Waals surface area contributed by atoms with Crippen molar-refractivity contribution in [2.75, 3.05) is 13.7 Å². The third kappa shape index (κ3) is 3.85. The molecule has 0 bridgehead atoms. The predicted molar refractivity (Wildman–Crippen MR) is 71.8 cm³/mol. The molecule has 0 fully saturated rings. The van der Waals surface area contributed by atoms with Crippen molar-refractivity contribution >= 4 is 23.2 Å². The van der Waals surface area contributed by atoms with Crippen LogP contribution in [0.3, 0.4) is 0 Å². The normalized spacial score (nSPS) is 15.0. The van der Waals surface area contributed by atoms with Crippen LogP contribution in [0.2, 0.25) is 10.0 Å². The largest absolute Gasteiger partial charge is 0.387 e. The Morgan fingerprint density at radius 2 is 2.00 bits per heavy atom. The average Bonchev–Trinajstić information content (AvgIpc) is 2.23. The van der Waals surface area contributed by atoms with Gasteiger partial charge in [0.2, 0.25) is 0 Å². The van der Waals surface area contributed by atoms with Crippen LogP contribution < -0.4 is 0 Å². The summed E-state index contributed by atoms with van der Waals surface area (Å²) in [7, 11) is 1.58. The Bertz CT molecular complexity index is 380. The van der Waals surface area contributed by atoms with E-state index < -0.39 is 5.60 Å². The highest BCUT2D eigenvalue weighted by Gasteiger charge is 2.32. The van der Waals surface area contributed by atoms with Crippen LogP contribution in [0.15, 0.2) is 18.2 Å². The van der Waals surface area contributed by atoms with Gasteiger partial charge in [0.25, 0.3) is 0 Å². The smallest absolute Gasteiger partial charge is 0.0943 e. The third-order valence-corrected chi connectivity index (χ3v) is 3.58. The molecule has 1 atom stereocenters. The van der Waals surface area contributed by atoms with Crippen molar-refractivity contribution < 1.29 is 9.84 Å². The Morgan fingerprint density at radius 3 is 2.53 bits per heavy atom. The van der Waals surface area contributed by atoms with Crippen molar-refractivity contribution in [3.05, 3.63) is 33.8 Å². The van der Waals surface area contributed by atoms with Crippen LogP contribution in [0.5, 0.6) is 0 Å². The van der Waals surface area contributed by atoms with Crippen LogP contribution in [0.1, 0.15) is 19.4 Å². The minimum absolute atomic E-state index is 0.0671. The molecule has 1 aromatic carbocycles. The van der Waals surface area contributed by atoms with Crippen LogP contribution in [0.4, 0.5) is 0 Å². The lowest BCUT2D eigenvalue weighted by Crippen LogP contribution is -2.42. The quantitative estimate of drug-likeness (QED) is 0.891. The number of halogens is 2. The van der Waals surface area contributed by atoms with E-state index in [9.17, 15) is 5.11 Å². The fourth-order valence-electron chi connectivity index (χ4n) is 1.68. The van der Waals surface area contributed by atoms with Gasteiger partial charge in [0, 0.05) is 23.6 Å². The molecule has 96 valence electrons. The van der Waals surface area contributed by atoms with Gasteiger partial charge in [-0.3, -0.25) is 0 Å². The minimum atomic E-state index is -0.928. The van der Waals surface area contributed by atoms with Gasteiger partial charge in [-0.2, -0.15) is 0 Å². The van der Waals surface area contributed by atoms with E-state index in [-0.39, 0.29) is 12.5 Å². The molecule has 1 rings (SSSR count). The average molecular weight is 277 g/mol. The highest BCUT2D eigenvalue weighted by molar-refractivity contribution is 6.33. The van der Waals surface area contributed by atoms with Crippen LogP contribution in [-0.2, 0) is 11.2 Å². The fourth-order valence-corrected chi connectivity index (χ4v) is 2.06. The summed E-state index contributed by atoms with van der Waals surface area (Å²) in [6.07, 6.45) is 0.428. The van der Waals surface area contributed by atoms with Gasteiger partial charge in [0.15, 0.2) is 0 Å². The van der Waals surface area contributed by atoms with E-state index >= 15 is 0 Å². The molecule has 17 heavy (non-hydrogen) atoms. The van der Waals surface area contributed by atoms with Crippen LogP contribution in [0.25, 0.3) is 0 Å². The first-order chi connectivity index (χ1) is 7.89. The monoisotopic (exact) mass is 276 g/mol. The summed E-state index contributed by atoms with van der Waals surface area (Å²) >= 11 is 12.0. The van der Waals surface area contributed by atoms with E-state index in [1.54, 1.807) is 25.3 Å². The molecule has 0 spiro atoms. The number of benzene rings is 1. The highest BCUT2D eigenvalue weighted by Crippen LogP contribution is 2.28. The SMILES string of the molecule is COCC(O)(Cc1cc(Cl)ccc1Cl)C(C)C. The number of methoxy groups -OCH3 is 1. The molecule has 0 aliphatic heterocycles. The fraction of sp³-hybridized carbons (Fsp3) is 0.538. The third-order valence-electron chi connectivity index (χ3n) is 2.97. The summed E-state index contributed by atoms with van der Waals surface area (Å²) < 4.78 is 5.08. The lowest BCUT2D eigenvalue weighted by molar-refractivity contribution is -0.0637. The summed E-state index contributed by atoms with van der Waals surface area (Å²) in [5.41, 5.74) is -0.0873. The van der Waals surface area contributed by atoms with Crippen molar-refractivity contribution in [1.82, 2.24) is 0 Å². The molecule has 0 amide bonds. The van der Waals surface area contributed by atoms with Gasteiger partial charge in [-0.1, -0.05) is 37.0 Å². The maximum Gasteiger partial charge on any atom is 0.0943 e. The van der Waals surface area contributed by atoms with E-state index in [0.29, 0.717) is 16.5 Å². The van der Waals surface area contributed by atoms with Crippen LogP contribution in [-0.4, -0.2) is 24.4 Å². The first-order valence-corrected chi connectivity index (χ1v) is 6.30. The molecule has 1 N–H and O–H groups in total. The molecule has 0 heterocycles. The molecular formula is C13H18Cl2O2. The van der Waals surface area contributed by atoms with Crippen molar-refractivity contribution in [2.24, 2.45) is 5.92 Å². The van der Waals surface area contributed by atoms with E-state index in [4.69, 9.17) is 27.9 Å². The summed E-state index contributed by atoms with van der Waals surface area (Å²) in [4.78, 5) is 0. The second-order valence-corrected chi connectivity index (χ2v) is 5.45. The number of ether oxygens (including phenoxy) is 1. The Morgan fingerprint density at radius 1 is 1.35 bits per heavy atom. The molecule has 2 nitrogen and oxygen atoms in total. The van der Waals surface area contributed by atoms with Crippen molar-refractivity contribution in [2.45, 2.75) is 25.9 Å². The lowest BCUT2D eigenvalue weighted by Gasteiger charge is -2.32. The molecule has 0 saturated heterocycles. The first-order valence-electron chi connectivity index (χ1n) is 5.54. The van der Waals surface area contributed by atoms with E-state index in [2.05, 4.69) is 0 Å². The minimum Gasteiger partial charge on any atom is -0.387 e. The number of aliphatic hydroxyl groups is 1. The zero-order valence-electron chi connectivity index (χ0n) is 10.3. The van der Waals surface area contributed by atoms with Crippen molar-refractivity contribution in [3.63, 3.8) is 0 Å². The van der Waals surface area contributed by atoms with Gasteiger partial charge < -0.3 is 9.84 Å². The summed E-state index contributed by atoms with van der Waals surface area (Å²) in [6, 6.07) is 5.26. The summed E-state index contributed by atoms with van der Waals surface area (Å²) in [5.74, 6) is 0.0671. The van der Waals surface area contributed by atoms with E-state index in [1.165, 1.54) is 0 Å². The van der Waals surface area contributed by atoms with Crippen molar-refractivity contribution in [1.29, 1.82) is 0 Å². The Labute approximate surface area is 113 Å². The molecule has 4 heteroatoms. The highest BCUT2D eigenvalue weighted by atomic mass is 35.5. The van der Waals surface area contributed by atoms with Crippen LogP contribution in [0, 0.1) is 5.92 Å². The second-order valence-electron chi connectivity index (χ2n) is 4.60. The molecule has 0 aliphatic rings. The Kier molecular flexibility index (Phi) is 5.26. The summed E-state index contributed by atoms with van der Waals surface area (Å²) in [5, 5.41) is 11.8. The maximum atomic E-state index is 10.5. The standard InChI is InChI=1S/C13H18Cl2O2/c1-9(2)13(16,8-17-3)7-10-6-11(14)4-5-12(10)15/h4-6,9,16H,7-8H2,1-3H3. The second kappa shape index (κ2) is 6.05. The van der Waals surface area contributed by atoms with Gasteiger partial charge in [-0.25, -0.2) is 0 Å². The van der Waals surface area contributed by atoms with E-state index in [0.717, 1.165) is 5.56 Å². The van der Waals surface area contributed by atoms with Gasteiger partial charge in [0.05, 0.1) is 12.2 Å². The van der Waals surface area contributed by atoms with Gasteiger partial charge in [0.1, 0.15) is 0 Å². The number of hydrogen-bond acceptors (Lipinski definition) is 2. The molecule has 0 radical (unpaired) electrons. The molecule has 1 unspecified atom stereocenters. The summed E-state index contributed by atoms with van der Waals surface area (Å²) in [6.45, 7) is 4.18. The first kappa shape index (κ1) is 14.8. The zero-order valence-corrected chi connectivity index (χ0v) is 11.8. The van der Waals surface area contributed by atoms with Gasteiger partial charge in [-0.15, -0.1) is 0 Å². The van der Waals surface area contributed by atoms with E-state index in [1.807, 2.05) is 13.8 Å². The molecular weight excluding hydrogens is 259 g/mol. The molecule has 0 aromatic heterocycles. The maximum absolute atomic E-state index is 10.5. The Hall–Kier alpha value is -0.280. The molecule has 0 saturated carbocycles. The van der Waals surface area contributed by atoms with Crippen molar-refractivity contribution in [3.8, 4) is 0 Å². The number of rotatable bonds is 5. The zero-order chi connectivity index (χ0) is 13.1. The number of hydrogen-bond donors (Lipinski definition) is 1. The topological polar surface area (TPSA) is 29.5 Å². The van der Waals surface area contributed by atoms with Gasteiger partial charge in [-0.05, 0) is 29.7 Å². The molecule has 1 aromatic rings. The molecule has 0 aliphatic carbocycles. The Balaban J connectivity index is 2.97. The predicted octanol–water partition coefficient (Wildman–Crippen LogP) is 3.57. The van der Waals surface area contributed by atoms with Crippen LogP contribution >= 0.6 is 23.2 Å².